The number of para-hydroxylation sites is 2. The molecule has 0 N–H and O–H groups in total. The van der Waals surface area contributed by atoms with Crippen LogP contribution in [0.5, 0.6) is 0 Å². The van der Waals surface area contributed by atoms with E-state index in [2.05, 4.69) is 54.6 Å². The summed E-state index contributed by atoms with van der Waals surface area (Å²) in [5, 5.41) is 4.32. The van der Waals surface area contributed by atoms with Crippen LogP contribution in [0.2, 0.25) is 0 Å². The van der Waals surface area contributed by atoms with Crippen molar-refractivity contribution >= 4 is 43.9 Å². The zero-order chi connectivity index (χ0) is 29.0. The van der Waals surface area contributed by atoms with Gasteiger partial charge in [0.05, 0.1) is 0 Å². The molecule has 0 atom stereocenters. The average Bonchev–Trinajstić information content (AvgIpc) is 3.66. The minimum Gasteiger partial charge on any atom is -0.456 e. The standard InChI is InChI=1S/C39H23N3O2/c1-3-10-24(11-4-1)37-40-38(25-12-5-2-6-13-25)42-39(41-37)27-19-21-31-32-16-9-15-28(36(32)44-35(31)23-27)26-18-20-30-29-14-7-8-17-33(29)43-34(30)22-26/h1-23H. The minimum absolute atomic E-state index is 0.593. The first-order valence-electron chi connectivity index (χ1n) is 14.5. The lowest BCUT2D eigenvalue weighted by molar-refractivity contribution is 0.668. The van der Waals surface area contributed by atoms with E-state index in [1.807, 2.05) is 84.9 Å². The predicted molar refractivity (Wildman–Crippen MR) is 176 cm³/mol. The maximum atomic E-state index is 6.60. The largest absolute Gasteiger partial charge is 0.456 e. The van der Waals surface area contributed by atoms with E-state index in [1.165, 1.54) is 0 Å². The number of rotatable bonds is 4. The van der Waals surface area contributed by atoms with Gasteiger partial charge in [0.15, 0.2) is 17.5 Å². The third kappa shape index (κ3) is 3.98. The molecule has 6 aromatic carbocycles. The molecule has 9 aromatic rings. The number of aromatic nitrogens is 3. The van der Waals surface area contributed by atoms with Crippen molar-refractivity contribution in [2.45, 2.75) is 0 Å². The average molecular weight is 566 g/mol. The molecule has 5 heteroatoms. The van der Waals surface area contributed by atoms with Gasteiger partial charge >= 0.3 is 0 Å². The second kappa shape index (κ2) is 9.75. The second-order valence-corrected chi connectivity index (χ2v) is 10.8. The lowest BCUT2D eigenvalue weighted by atomic mass is 10.0. The highest BCUT2D eigenvalue weighted by atomic mass is 16.3. The molecule has 5 nitrogen and oxygen atoms in total. The third-order valence-electron chi connectivity index (χ3n) is 8.15. The first-order valence-corrected chi connectivity index (χ1v) is 14.5. The Morgan fingerprint density at radius 3 is 1.59 bits per heavy atom. The van der Waals surface area contributed by atoms with E-state index in [4.69, 9.17) is 23.8 Å². The Bertz CT molecular complexity index is 2440. The van der Waals surface area contributed by atoms with E-state index in [1.54, 1.807) is 0 Å². The van der Waals surface area contributed by atoms with Crippen molar-refractivity contribution in [2.75, 3.05) is 0 Å². The third-order valence-corrected chi connectivity index (χ3v) is 8.15. The summed E-state index contributed by atoms with van der Waals surface area (Å²) < 4.78 is 12.8. The van der Waals surface area contributed by atoms with Gasteiger partial charge in [-0.15, -0.1) is 0 Å². The molecule has 0 radical (unpaired) electrons. The van der Waals surface area contributed by atoms with Crippen LogP contribution >= 0.6 is 0 Å². The van der Waals surface area contributed by atoms with Crippen molar-refractivity contribution < 1.29 is 8.83 Å². The molecule has 0 aliphatic heterocycles. The summed E-state index contributed by atoms with van der Waals surface area (Å²) in [4.78, 5) is 14.6. The number of hydrogen-bond donors (Lipinski definition) is 0. The fourth-order valence-electron chi connectivity index (χ4n) is 6.00. The van der Waals surface area contributed by atoms with Gasteiger partial charge in [0.25, 0.3) is 0 Å². The fourth-order valence-corrected chi connectivity index (χ4v) is 6.00. The van der Waals surface area contributed by atoms with E-state index < -0.39 is 0 Å². The van der Waals surface area contributed by atoms with Crippen LogP contribution < -0.4 is 0 Å². The number of furan rings is 2. The van der Waals surface area contributed by atoms with Gasteiger partial charge in [-0.25, -0.2) is 15.0 Å². The number of nitrogens with zero attached hydrogens (tertiary/aromatic N) is 3. The van der Waals surface area contributed by atoms with Crippen LogP contribution in [0.4, 0.5) is 0 Å². The van der Waals surface area contributed by atoms with Crippen molar-refractivity contribution in [3.63, 3.8) is 0 Å². The molecule has 0 amide bonds. The molecular weight excluding hydrogens is 542 g/mol. The van der Waals surface area contributed by atoms with Gasteiger partial charge in [0.1, 0.15) is 22.3 Å². The van der Waals surface area contributed by atoms with E-state index >= 15 is 0 Å². The zero-order valence-corrected chi connectivity index (χ0v) is 23.4. The summed E-state index contributed by atoms with van der Waals surface area (Å²) in [5.41, 5.74) is 8.14. The Kier molecular flexibility index (Phi) is 5.43. The highest BCUT2D eigenvalue weighted by molar-refractivity contribution is 6.11. The maximum Gasteiger partial charge on any atom is 0.164 e. The van der Waals surface area contributed by atoms with Crippen LogP contribution in [-0.2, 0) is 0 Å². The van der Waals surface area contributed by atoms with E-state index in [0.29, 0.717) is 17.5 Å². The van der Waals surface area contributed by atoms with Gasteiger partial charge in [-0.1, -0.05) is 109 Å². The lowest BCUT2D eigenvalue weighted by Crippen LogP contribution is -2.00. The molecule has 0 bridgehead atoms. The van der Waals surface area contributed by atoms with Gasteiger partial charge in [-0.3, -0.25) is 0 Å². The number of benzene rings is 6. The Morgan fingerprint density at radius 1 is 0.341 bits per heavy atom. The summed E-state index contributed by atoms with van der Waals surface area (Å²) in [6.07, 6.45) is 0. The molecule has 9 rings (SSSR count). The predicted octanol–water partition coefficient (Wildman–Crippen LogP) is 10.3. The Balaban J connectivity index is 1.19. The molecule has 0 aliphatic carbocycles. The van der Waals surface area contributed by atoms with Crippen LogP contribution in [0.25, 0.3) is 89.2 Å². The molecular formula is C39H23N3O2. The smallest absolute Gasteiger partial charge is 0.164 e. The molecule has 206 valence electrons. The molecule has 3 aromatic heterocycles. The first kappa shape index (κ1) is 24.5. The topological polar surface area (TPSA) is 65.0 Å². The molecule has 3 heterocycles. The van der Waals surface area contributed by atoms with Crippen LogP contribution in [0.3, 0.4) is 0 Å². The van der Waals surface area contributed by atoms with E-state index in [-0.39, 0.29) is 0 Å². The minimum atomic E-state index is 0.593. The number of hydrogen-bond acceptors (Lipinski definition) is 5. The van der Waals surface area contributed by atoms with Crippen molar-refractivity contribution in [3.8, 4) is 45.3 Å². The van der Waals surface area contributed by atoms with Crippen LogP contribution in [0, 0.1) is 0 Å². The Morgan fingerprint density at radius 2 is 0.864 bits per heavy atom. The molecule has 0 fully saturated rings. The van der Waals surface area contributed by atoms with E-state index in [0.717, 1.165) is 71.7 Å². The summed E-state index contributed by atoms with van der Waals surface area (Å²) in [7, 11) is 0. The van der Waals surface area contributed by atoms with Crippen LogP contribution in [0.1, 0.15) is 0 Å². The fraction of sp³-hybridized carbons (Fsp3) is 0. The molecule has 0 saturated carbocycles. The number of fused-ring (bicyclic) bond motifs is 6. The monoisotopic (exact) mass is 565 g/mol. The maximum absolute atomic E-state index is 6.60. The Labute approximate surface area is 252 Å². The Hall–Kier alpha value is -6.07. The summed E-state index contributed by atoms with van der Waals surface area (Å²) in [6.45, 7) is 0. The zero-order valence-electron chi connectivity index (χ0n) is 23.4. The van der Waals surface area contributed by atoms with Gasteiger partial charge < -0.3 is 8.83 Å². The molecule has 0 saturated heterocycles. The van der Waals surface area contributed by atoms with Gasteiger partial charge in [-0.05, 0) is 35.9 Å². The molecule has 44 heavy (non-hydrogen) atoms. The highest BCUT2D eigenvalue weighted by Crippen LogP contribution is 2.39. The van der Waals surface area contributed by atoms with Crippen molar-refractivity contribution in [2.24, 2.45) is 0 Å². The summed E-state index contributed by atoms with van der Waals surface area (Å²) in [6, 6.07) is 47.0. The van der Waals surface area contributed by atoms with Crippen LogP contribution in [0.15, 0.2) is 148 Å². The van der Waals surface area contributed by atoms with Crippen LogP contribution in [-0.4, -0.2) is 15.0 Å². The molecule has 0 unspecified atom stereocenters. The van der Waals surface area contributed by atoms with Gasteiger partial charge in [0, 0.05) is 43.8 Å². The normalized spacial score (nSPS) is 11.6. The van der Waals surface area contributed by atoms with E-state index in [9.17, 15) is 0 Å². The van der Waals surface area contributed by atoms with Crippen molar-refractivity contribution in [1.29, 1.82) is 0 Å². The first-order chi connectivity index (χ1) is 21.8. The van der Waals surface area contributed by atoms with Crippen molar-refractivity contribution in [3.05, 3.63) is 140 Å². The molecule has 0 aliphatic rings. The molecule has 0 spiro atoms. The summed E-state index contributed by atoms with van der Waals surface area (Å²) >= 11 is 0. The summed E-state index contributed by atoms with van der Waals surface area (Å²) in [5.74, 6) is 1.85. The van der Waals surface area contributed by atoms with Crippen molar-refractivity contribution in [1.82, 2.24) is 15.0 Å². The highest BCUT2D eigenvalue weighted by Gasteiger charge is 2.17. The lowest BCUT2D eigenvalue weighted by Gasteiger charge is -2.08. The van der Waals surface area contributed by atoms with Gasteiger partial charge in [-0.2, -0.15) is 0 Å². The SMILES string of the molecule is c1ccc(-c2nc(-c3ccccc3)nc(-c3ccc4c(c3)oc3c(-c5ccc6c(c5)oc5ccccc56)cccc34)n2)cc1. The second-order valence-electron chi connectivity index (χ2n) is 10.8. The van der Waals surface area contributed by atoms with Gasteiger partial charge in [0.2, 0.25) is 0 Å². The quantitative estimate of drug-likeness (QED) is 0.212.